The maximum absolute atomic E-state index is 12.6. The number of aryl methyl sites for hydroxylation is 1. The molecule has 0 unspecified atom stereocenters. The van der Waals surface area contributed by atoms with Gasteiger partial charge in [0.25, 0.3) is 0 Å². The molecule has 0 bridgehead atoms. The number of aromatic nitrogens is 2. The number of ether oxygens (including phenoxy) is 2. The van der Waals surface area contributed by atoms with Gasteiger partial charge in [-0.05, 0) is 65.5 Å². The molecule has 4 rings (SSSR count). The van der Waals surface area contributed by atoms with Gasteiger partial charge in [0.2, 0.25) is 0 Å². The van der Waals surface area contributed by atoms with Crippen LogP contribution in [0.3, 0.4) is 0 Å². The monoisotopic (exact) mass is 460 g/mol. The molecule has 1 aliphatic rings. The van der Waals surface area contributed by atoms with Crippen molar-refractivity contribution in [1.29, 1.82) is 0 Å². The lowest BCUT2D eigenvalue weighted by Crippen LogP contribution is -2.11. The quantitative estimate of drug-likeness (QED) is 0.499. The van der Waals surface area contributed by atoms with Gasteiger partial charge in [0.1, 0.15) is 5.75 Å². The summed E-state index contributed by atoms with van der Waals surface area (Å²) in [5, 5.41) is 5.18. The van der Waals surface area contributed by atoms with Crippen molar-refractivity contribution < 1.29 is 14.3 Å². The van der Waals surface area contributed by atoms with E-state index in [-0.39, 0.29) is 0 Å². The number of hydrogen-bond acceptors (Lipinski definition) is 4. The first-order valence-electron chi connectivity index (χ1n) is 8.95. The molecule has 0 saturated heterocycles. The zero-order valence-corrected chi connectivity index (χ0v) is 17.8. The summed E-state index contributed by atoms with van der Waals surface area (Å²) in [5.41, 5.74) is 4.93. The van der Waals surface area contributed by atoms with E-state index in [0.29, 0.717) is 23.7 Å². The Bertz CT molecular complexity index is 1080. The number of benzene rings is 2. The van der Waals surface area contributed by atoms with E-state index >= 15 is 0 Å². The summed E-state index contributed by atoms with van der Waals surface area (Å²) in [6, 6.07) is 11.5. The summed E-state index contributed by atoms with van der Waals surface area (Å²) in [5.74, 6) is 0.359. The predicted octanol–water partition coefficient (Wildman–Crippen LogP) is 5.24. The van der Waals surface area contributed by atoms with Crippen molar-refractivity contribution in [3.8, 4) is 22.7 Å². The number of esters is 1. The molecule has 0 atom stereocenters. The number of methoxy groups -OCH3 is 1. The Kier molecular flexibility index (Phi) is 5.17. The Morgan fingerprint density at radius 1 is 1.29 bits per heavy atom. The standard InChI is InChI=1S/C21H18BrClN2O3/c1-3-28-21(26)19-13-9-8-12-10-18(27-2)15(22)11-14(12)20(13)25(24-19)17-7-5-4-6-16(17)23/h4-7,10-11H,3,8-9H2,1-2H3. The zero-order chi connectivity index (χ0) is 19.8. The Balaban J connectivity index is 2.00. The Morgan fingerprint density at radius 2 is 2.07 bits per heavy atom. The molecule has 0 saturated carbocycles. The van der Waals surface area contributed by atoms with Crippen LogP contribution in [0.15, 0.2) is 40.9 Å². The first kappa shape index (κ1) is 19.0. The molecular weight excluding hydrogens is 444 g/mol. The molecule has 144 valence electrons. The van der Waals surface area contributed by atoms with Gasteiger partial charge in [-0.2, -0.15) is 5.10 Å². The minimum Gasteiger partial charge on any atom is -0.496 e. The van der Waals surface area contributed by atoms with Crippen molar-refractivity contribution in [2.24, 2.45) is 0 Å². The van der Waals surface area contributed by atoms with Crippen LogP contribution in [0.5, 0.6) is 5.75 Å². The van der Waals surface area contributed by atoms with Crippen molar-refractivity contribution in [2.45, 2.75) is 19.8 Å². The minimum atomic E-state index is -0.416. The number of nitrogens with zero attached hydrogens (tertiary/aromatic N) is 2. The number of carbonyl (C=O) groups excluding carboxylic acids is 1. The van der Waals surface area contributed by atoms with Crippen LogP contribution in [-0.2, 0) is 17.6 Å². The fourth-order valence-corrected chi connectivity index (χ4v) is 4.28. The van der Waals surface area contributed by atoms with Gasteiger partial charge in [0, 0.05) is 11.1 Å². The number of rotatable bonds is 4. The summed E-state index contributed by atoms with van der Waals surface area (Å²) >= 11 is 10.0. The van der Waals surface area contributed by atoms with Crippen molar-refractivity contribution in [2.75, 3.05) is 13.7 Å². The second-order valence-electron chi connectivity index (χ2n) is 6.40. The summed E-state index contributed by atoms with van der Waals surface area (Å²) in [6.07, 6.45) is 1.47. The highest BCUT2D eigenvalue weighted by molar-refractivity contribution is 9.10. The minimum absolute atomic E-state index is 0.298. The molecule has 1 aliphatic carbocycles. The molecule has 0 N–H and O–H groups in total. The lowest BCUT2D eigenvalue weighted by atomic mass is 9.88. The normalized spacial score (nSPS) is 12.3. The largest absolute Gasteiger partial charge is 0.496 e. The average molecular weight is 462 g/mol. The molecule has 0 aliphatic heterocycles. The van der Waals surface area contributed by atoms with E-state index in [1.807, 2.05) is 36.4 Å². The molecule has 0 fully saturated rings. The second-order valence-corrected chi connectivity index (χ2v) is 7.66. The number of hydrogen-bond donors (Lipinski definition) is 0. The van der Waals surface area contributed by atoms with E-state index in [9.17, 15) is 4.79 Å². The summed E-state index contributed by atoms with van der Waals surface area (Å²) in [7, 11) is 1.65. The zero-order valence-electron chi connectivity index (χ0n) is 15.5. The fourth-order valence-electron chi connectivity index (χ4n) is 3.56. The van der Waals surface area contributed by atoms with E-state index in [1.54, 1.807) is 18.7 Å². The highest BCUT2D eigenvalue weighted by Crippen LogP contribution is 2.42. The Morgan fingerprint density at radius 3 is 2.79 bits per heavy atom. The molecule has 0 spiro atoms. The number of fused-ring (bicyclic) bond motifs is 3. The molecule has 1 aromatic heterocycles. The maximum Gasteiger partial charge on any atom is 0.359 e. The number of halogens is 2. The molecule has 0 amide bonds. The van der Waals surface area contributed by atoms with Crippen LogP contribution in [0.2, 0.25) is 5.02 Å². The molecule has 28 heavy (non-hydrogen) atoms. The molecule has 0 radical (unpaired) electrons. The van der Waals surface area contributed by atoms with Gasteiger partial charge in [0.05, 0.1) is 34.6 Å². The third kappa shape index (κ3) is 3.10. The third-order valence-electron chi connectivity index (χ3n) is 4.81. The summed E-state index contributed by atoms with van der Waals surface area (Å²) in [4.78, 5) is 12.6. The number of carbonyl (C=O) groups is 1. The van der Waals surface area contributed by atoms with Crippen LogP contribution < -0.4 is 4.74 Å². The second kappa shape index (κ2) is 7.60. The van der Waals surface area contributed by atoms with E-state index < -0.39 is 5.97 Å². The van der Waals surface area contributed by atoms with Crippen LogP contribution >= 0.6 is 27.5 Å². The van der Waals surface area contributed by atoms with Crippen molar-refractivity contribution in [1.82, 2.24) is 9.78 Å². The van der Waals surface area contributed by atoms with Gasteiger partial charge in [-0.25, -0.2) is 9.48 Å². The highest BCUT2D eigenvalue weighted by atomic mass is 79.9. The Hall–Kier alpha value is -2.31. The molecule has 3 aromatic rings. The predicted molar refractivity (Wildman–Crippen MR) is 112 cm³/mol. The fraction of sp³-hybridized carbons (Fsp3) is 0.238. The summed E-state index contributed by atoms with van der Waals surface area (Å²) in [6.45, 7) is 2.08. The summed E-state index contributed by atoms with van der Waals surface area (Å²) < 4.78 is 13.3. The van der Waals surface area contributed by atoms with Crippen LogP contribution in [0.4, 0.5) is 0 Å². The molecule has 7 heteroatoms. The van der Waals surface area contributed by atoms with Crippen LogP contribution in [0.25, 0.3) is 16.9 Å². The van der Waals surface area contributed by atoms with Crippen molar-refractivity contribution >= 4 is 33.5 Å². The average Bonchev–Trinajstić information content (AvgIpc) is 3.08. The molecule has 1 heterocycles. The van der Waals surface area contributed by atoms with Crippen LogP contribution in [-0.4, -0.2) is 29.5 Å². The third-order valence-corrected chi connectivity index (χ3v) is 5.75. The van der Waals surface area contributed by atoms with Gasteiger partial charge in [-0.3, -0.25) is 0 Å². The molecular formula is C21H18BrClN2O3. The highest BCUT2D eigenvalue weighted by Gasteiger charge is 2.30. The van der Waals surface area contributed by atoms with Crippen LogP contribution in [0.1, 0.15) is 28.5 Å². The SMILES string of the molecule is CCOC(=O)c1nn(-c2ccccc2Cl)c2c1CCc1cc(OC)c(Br)cc1-2. The smallest absolute Gasteiger partial charge is 0.359 e. The van der Waals surface area contributed by atoms with Gasteiger partial charge in [-0.1, -0.05) is 23.7 Å². The number of para-hydroxylation sites is 1. The van der Waals surface area contributed by atoms with E-state index in [0.717, 1.165) is 44.7 Å². The van der Waals surface area contributed by atoms with Crippen molar-refractivity contribution in [3.05, 3.63) is 62.7 Å². The van der Waals surface area contributed by atoms with Gasteiger partial charge < -0.3 is 9.47 Å². The van der Waals surface area contributed by atoms with E-state index in [1.165, 1.54) is 0 Å². The topological polar surface area (TPSA) is 53.3 Å². The lowest BCUT2D eigenvalue weighted by molar-refractivity contribution is 0.0517. The van der Waals surface area contributed by atoms with Gasteiger partial charge >= 0.3 is 5.97 Å². The lowest BCUT2D eigenvalue weighted by Gasteiger charge is -2.20. The molecule has 5 nitrogen and oxygen atoms in total. The van der Waals surface area contributed by atoms with Gasteiger partial charge in [-0.15, -0.1) is 0 Å². The van der Waals surface area contributed by atoms with Gasteiger partial charge in [0.15, 0.2) is 5.69 Å². The van der Waals surface area contributed by atoms with Crippen molar-refractivity contribution in [3.63, 3.8) is 0 Å². The van der Waals surface area contributed by atoms with E-state index in [4.69, 9.17) is 21.1 Å². The first-order chi connectivity index (χ1) is 13.5. The van der Waals surface area contributed by atoms with Crippen LogP contribution in [0, 0.1) is 0 Å². The maximum atomic E-state index is 12.6. The molecule has 2 aromatic carbocycles. The first-order valence-corrected chi connectivity index (χ1v) is 10.1. The Labute approximate surface area is 176 Å². The van der Waals surface area contributed by atoms with E-state index in [2.05, 4.69) is 21.0 Å².